The average molecular weight is 377 g/mol. The second kappa shape index (κ2) is 10.1. The van der Waals surface area contributed by atoms with Gasteiger partial charge in [-0.05, 0) is 41.3 Å². The van der Waals surface area contributed by atoms with E-state index in [-0.39, 0.29) is 19.1 Å². The number of ether oxygens (including phenoxy) is 2. The smallest absolute Gasteiger partial charge is 0.344 e. The number of esters is 1. The molecule has 0 unspecified atom stereocenters. The van der Waals surface area contributed by atoms with Crippen molar-refractivity contribution in [2.45, 2.75) is 12.8 Å². The van der Waals surface area contributed by atoms with Crippen molar-refractivity contribution >= 4 is 22.6 Å². The molecule has 0 spiro atoms. The molecule has 1 N–H and O–H groups in total. The quantitative estimate of drug-likeness (QED) is 0.458. The summed E-state index contributed by atoms with van der Waals surface area (Å²) in [7, 11) is 0. The van der Waals surface area contributed by atoms with Crippen molar-refractivity contribution in [3.63, 3.8) is 0 Å². The molecule has 0 atom stereocenters. The highest BCUT2D eigenvalue weighted by atomic mass is 16.6. The minimum absolute atomic E-state index is 0.236. The highest BCUT2D eigenvalue weighted by Crippen LogP contribution is 2.20. The molecule has 0 fully saturated rings. The molecule has 0 saturated heterocycles. The fourth-order valence-electron chi connectivity index (χ4n) is 2.80. The molecule has 3 aromatic rings. The molecule has 0 saturated carbocycles. The number of hydrogen-bond donors (Lipinski definition) is 1. The summed E-state index contributed by atoms with van der Waals surface area (Å²) in [6.45, 7) is 0.00372. The number of carbonyl (C=O) groups is 2. The molecular formula is C23H23NO4. The molecule has 28 heavy (non-hydrogen) atoms. The van der Waals surface area contributed by atoms with Gasteiger partial charge in [-0.2, -0.15) is 0 Å². The molecule has 3 rings (SSSR count). The van der Waals surface area contributed by atoms with Crippen LogP contribution >= 0.6 is 0 Å². The normalized spacial score (nSPS) is 10.4. The van der Waals surface area contributed by atoms with Crippen LogP contribution in [-0.4, -0.2) is 31.6 Å². The third-order valence-electron chi connectivity index (χ3n) is 4.25. The van der Waals surface area contributed by atoms with Crippen LogP contribution in [0, 0.1) is 0 Å². The van der Waals surface area contributed by atoms with Gasteiger partial charge >= 0.3 is 5.97 Å². The Balaban J connectivity index is 1.31. The predicted octanol–water partition coefficient (Wildman–Crippen LogP) is 3.51. The second-order valence-electron chi connectivity index (χ2n) is 6.40. The Kier molecular flexibility index (Phi) is 7.01. The van der Waals surface area contributed by atoms with Crippen molar-refractivity contribution in [2.24, 2.45) is 0 Å². The molecule has 5 nitrogen and oxygen atoms in total. The number of rotatable bonds is 9. The first-order valence-corrected chi connectivity index (χ1v) is 9.28. The lowest BCUT2D eigenvalue weighted by Gasteiger charge is -2.08. The summed E-state index contributed by atoms with van der Waals surface area (Å²) in [5.41, 5.74) is 1.23. The Morgan fingerprint density at radius 2 is 1.57 bits per heavy atom. The van der Waals surface area contributed by atoms with Crippen LogP contribution in [0.15, 0.2) is 72.8 Å². The fourth-order valence-corrected chi connectivity index (χ4v) is 2.80. The molecule has 0 aliphatic heterocycles. The van der Waals surface area contributed by atoms with Gasteiger partial charge in [0.15, 0.2) is 13.2 Å². The number of amides is 1. The Labute approximate surface area is 164 Å². The lowest BCUT2D eigenvalue weighted by molar-refractivity contribution is -0.150. The minimum Gasteiger partial charge on any atom is -0.482 e. The molecule has 3 aromatic carbocycles. The lowest BCUT2D eigenvalue weighted by atomic mass is 10.1. The maximum Gasteiger partial charge on any atom is 0.344 e. The number of nitrogens with one attached hydrogen (secondary N) is 1. The summed E-state index contributed by atoms with van der Waals surface area (Å²) in [6, 6.07) is 23.6. The van der Waals surface area contributed by atoms with Crippen LogP contribution in [0.2, 0.25) is 0 Å². The molecule has 1 amide bonds. The second-order valence-corrected chi connectivity index (χ2v) is 6.40. The molecule has 0 bridgehead atoms. The largest absolute Gasteiger partial charge is 0.482 e. The Morgan fingerprint density at radius 3 is 2.39 bits per heavy atom. The minimum atomic E-state index is -0.576. The van der Waals surface area contributed by atoms with Crippen molar-refractivity contribution in [1.82, 2.24) is 5.32 Å². The van der Waals surface area contributed by atoms with Gasteiger partial charge in [-0.3, -0.25) is 4.79 Å². The van der Waals surface area contributed by atoms with E-state index in [0.29, 0.717) is 12.3 Å². The third kappa shape index (κ3) is 6.13. The SMILES string of the molecule is O=C(COC(=O)COc1ccc2ccccc2c1)NCCCc1ccccc1. The van der Waals surface area contributed by atoms with Gasteiger partial charge in [0.1, 0.15) is 5.75 Å². The van der Waals surface area contributed by atoms with E-state index in [1.165, 1.54) is 5.56 Å². The Morgan fingerprint density at radius 1 is 0.821 bits per heavy atom. The standard InChI is InChI=1S/C23H23NO4/c25-22(24-14-6-9-18-7-2-1-3-8-18)16-28-23(26)17-27-21-13-12-19-10-4-5-11-20(19)15-21/h1-5,7-8,10-13,15H,6,9,14,16-17H2,(H,24,25). The maximum atomic E-state index is 11.8. The Hall–Kier alpha value is -3.34. The van der Waals surface area contributed by atoms with E-state index < -0.39 is 5.97 Å². The van der Waals surface area contributed by atoms with Gasteiger partial charge in [0.05, 0.1) is 0 Å². The summed E-state index contributed by atoms with van der Waals surface area (Å²) in [6.07, 6.45) is 1.72. The van der Waals surface area contributed by atoms with Crippen LogP contribution < -0.4 is 10.1 Å². The van der Waals surface area contributed by atoms with E-state index in [0.717, 1.165) is 23.6 Å². The van der Waals surface area contributed by atoms with Crippen LogP contribution in [0.5, 0.6) is 5.75 Å². The number of aryl methyl sites for hydroxylation is 1. The van der Waals surface area contributed by atoms with E-state index in [1.54, 1.807) is 6.07 Å². The van der Waals surface area contributed by atoms with Crippen LogP contribution in [0.4, 0.5) is 0 Å². The maximum absolute atomic E-state index is 11.8. The molecule has 0 aromatic heterocycles. The molecule has 0 radical (unpaired) electrons. The molecular weight excluding hydrogens is 354 g/mol. The Bertz CT molecular complexity index is 924. The van der Waals surface area contributed by atoms with Crippen molar-refractivity contribution in [1.29, 1.82) is 0 Å². The first-order chi connectivity index (χ1) is 13.7. The van der Waals surface area contributed by atoms with Gasteiger partial charge < -0.3 is 14.8 Å². The van der Waals surface area contributed by atoms with Crippen LogP contribution in [0.3, 0.4) is 0 Å². The van der Waals surface area contributed by atoms with Gasteiger partial charge in [0.2, 0.25) is 0 Å². The third-order valence-corrected chi connectivity index (χ3v) is 4.25. The van der Waals surface area contributed by atoms with Gasteiger partial charge in [0.25, 0.3) is 5.91 Å². The van der Waals surface area contributed by atoms with Gasteiger partial charge in [-0.1, -0.05) is 60.7 Å². The van der Waals surface area contributed by atoms with Crippen molar-refractivity contribution in [2.75, 3.05) is 19.8 Å². The summed E-state index contributed by atoms with van der Waals surface area (Å²) in [5.74, 6) is -0.305. The molecule has 0 heterocycles. The topological polar surface area (TPSA) is 64.6 Å². The first-order valence-electron chi connectivity index (χ1n) is 9.28. The summed E-state index contributed by atoms with van der Waals surface area (Å²) >= 11 is 0. The average Bonchev–Trinajstić information content (AvgIpc) is 2.74. The van der Waals surface area contributed by atoms with Crippen molar-refractivity contribution in [3.05, 3.63) is 78.4 Å². The molecule has 0 aliphatic rings. The van der Waals surface area contributed by atoms with E-state index in [9.17, 15) is 9.59 Å². The number of carbonyl (C=O) groups excluding carboxylic acids is 2. The highest BCUT2D eigenvalue weighted by molar-refractivity contribution is 5.84. The van der Waals surface area contributed by atoms with E-state index >= 15 is 0 Å². The zero-order valence-corrected chi connectivity index (χ0v) is 15.6. The van der Waals surface area contributed by atoms with Crippen molar-refractivity contribution in [3.8, 4) is 5.75 Å². The van der Waals surface area contributed by atoms with Gasteiger partial charge in [-0.15, -0.1) is 0 Å². The van der Waals surface area contributed by atoms with Crippen molar-refractivity contribution < 1.29 is 19.1 Å². The van der Waals surface area contributed by atoms with Gasteiger partial charge in [0, 0.05) is 6.54 Å². The van der Waals surface area contributed by atoms with Crippen LogP contribution in [0.25, 0.3) is 10.8 Å². The van der Waals surface area contributed by atoms with Gasteiger partial charge in [-0.25, -0.2) is 4.79 Å². The van der Waals surface area contributed by atoms with Crippen LogP contribution in [0.1, 0.15) is 12.0 Å². The fraction of sp³-hybridized carbons (Fsp3) is 0.217. The van der Waals surface area contributed by atoms with E-state index in [4.69, 9.17) is 9.47 Å². The summed E-state index contributed by atoms with van der Waals surface area (Å²) in [4.78, 5) is 23.5. The number of benzene rings is 3. The van der Waals surface area contributed by atoms with Crippen LogP contribution in [-0.2, 0) is 20.7 Å². The zero-order valence-electron chi connectivity index (χ0n) is 15.6. The lowest BCUT2D eigenvalue weighted by Crippen LogP contribution is -2.30. The molecule has 0 aliphatic carbocycles. The first kappa shape index (κ1) is 19.4. The highest BCUT2D eigenvalue weighted by Gasteiger charge is 2.08. The molecule has 144 valence electrons. The predicted molar refractivity (Wildman–Crippen MR) is 108 cm³/mol. The summed E-state index contributed by atoms with van der Waals surface area (Å²) in [5, 5.41) is 4.87. The zero-order chi connectivity index (χ0) is 19.6. The summed E-state index contributed by atoms with van der Waals surface area (Å²) < 4.78 is 10.4. The number of hydrogen-bond acceptors (Lipinski definition) is 4. The number of fused-ring (bicyclic) bond motifs is 1. The van der Waals surface area contributed by atoms with E-state index in [2.05, 4.69) is 17.4 Å². The molecule has 5 heteroatoms. The van der Waals surface area contributed by atoms with E-state index in [1.807, 2.05) is 54.6 Å². The monoisotopic (exact) mass is 377 g/mol.